The second-order valence-electron chi connectivity index (χ2n) is 5.38. The van der Waals surface area contributed by atoms with Crippen LogP contribution in [0.5, 0.6) is 0 Å². The van der Waals surface area contributed by atoms with Crippen molar-refractivity contribution in [2.24, 2.45) is 0 Å². The first-order chi connectivity index (χ1) is 11.2. The molecule has 0 amide bonds. The Balaban J connectivity index is 1.71. The summed E-state index contributed by atoms with van der Waals surface area (Å²) in [5.41, 5.74) is 4.82. The first kappa shape index (κ1) is 13.5. The highest BCUT2D eigenvalue weighted by atomic mass is 16.6. The third-order valence-corrected chi connectivity index (χ3v) is 3.97. The Hall–Kier alpha value is -3.20. The monoisotopic (exact) mass is 300 g/mol. The molecule has 0 aliphatic carbocycles. The molecule has 0 bridgehead atoms. The van der Waals surface area contributed by atoms with Gasteiger partial charge in [0.2, 0.25) is 0 Å². The van der Waals surface area contributed by atoms with Gasteiger partial charge < -0.3 is 4.74 Å². The first-order valence-electron chi connectivity index (χ1n) is 7.29. The fourth-order valence-corrected chi connectivity index (χ4v) is 2.75. The summed E-state index contributed by atoms with van der Waals surface area (Å²) in [6.45, 7) is 0. The van der Waals surface area contributed by atoms with Gasteiger partial charge in [0.1, 0.15) is 0 Å². The maximum absolute atomic E-state index is 11.7. The van der Waals surface area contributed by atoms with E-state index < -0.39 is 11.9 Å². The molecule has 1 aliphatic heterocycles. The van der Waals surface area contributed by atoms with E-state index in [1.54, 1.807) is 12.1 Å². The Labute approximate surface area is 133 Å². The van der Waals surface area contributed by atoms with Crippen molar-refractivity contribution >= 4 is 11.9 Å². The quantitative estimate of drug-likeness (QED) is 0.522. The SMILES string of the molecule is O=C1OC(=O)c2cc(-c3ccc(-c4ccccc4)cc3)ccc21. The van der Waals surface area contributed by atoms with Crippen molar-refractivity contribution in [3.63, 3.8) is 0 Å². The van der Waals surface area contributed by atoms with Gasteiger partial charge in [-0.3, -0.25) is 0 Å². The summed E-state index contributed by atoms with van der Waals surface area (Å²) in [6.07, 6.45) is 0. The zero-order valence-electron chi connectivity index (χ0n) is 12.2. The van der Waals surface area contributed by atoms with Crippen molar-refractivity contribution in [2.45, 2.75) is 0 Å². The number of carbonyl (C=O) groups is 2. The van der Waals surface area contributed by atoms with Crippen molar-refractivity contribution in [3.8, 4) is 22.3 Å². The summed E-state index contributed by atoms with van der Waals surface area (Å²) in [5.74, 6) is -1.15. The molecule has 0 unspecified atom stereocenters. The fourth-order valence-electron chi connectivity index (χ4n) is 2.75. The molecule has 3 aromatic carbocycles. The predicted molar refractivity (Wildman–Crippen MR) is 87.1 cm³/mol. The van der Waals surface area contributed by atoms with Gasteiger partial charge in [0.05, 0.1) is 11.1 Å². The van der Waals surface area contributed by atoms with Crippen LogP contribution < -0.4 is 0 Å². The third kappa shape index (κ3) is 2.32. The molecule has 0 aromatic heterocycles. The molecule has 4 rings (SSSR count). The van der Waals surface area contributed by atoms with Crippen LogP contribution in [0.1, 0.15) is 20.7 Å². The van der Waals surface area contributed by atoms with Crippen molar-refractivity contribution in [1.29, 1.82) is 0 Å². The number of carbonyl (C=O) groups excluding carboxylic acids is 2. The summed E-state index contributed by atoms with van der Waals surface area (Å²) in [4.78, 5) is 23.1. The molecular weight excluding hydrogens is 288 g/mol. The minimum atomic E-state index is -0.576. The highest BCUT2D eigenvalue weighted by Gasteiger charge is 2.29. The summed E-state index contributed by atoms with van der Waals surface area (Å²) in [7, 11) is 0. The number of rotatable bonds is 2. The van der Waals surface area contributed by atoms with Crippen LogP contribution in [0.3, 0.4) is 0 Å². The van der Waals surface area contributed by atoms with Crippen LogP contribution in [-0.4, -0.2) is 11.9 Å². The number of cyclic esters (lactones) is 2. The molecule has 0 atom stereocenters. The summed E-state index contributed by atoms with van der Waals surface area (Å²) in [5, 5.41) is 0. The third-order valence-electron chi connectivity index (χ3n) is 3.97. The second-order valence-corrected chi connectivity index (χ2v) is 5.38. The molecule has 1 aliphatic rings. The molecule has 3 aromatic rings. The average molecular weight is 300 g/mol. The Kier molecular flexibility index (Phi) is 3.05. The number of hydrogen-bond donors (Lipinski definition) is 0. The van der Waals surface area contributed by atoms with Crippen molar-refractivity contribution in [3.05, 3.63) is 83.9 Å². The average Bonchev–Trinajstić information content (AvgIpc) is 2.90. The number of fused-ring (bicyclic) bond motifs is 1. The van der Waals surface area contributed by atoms with Crippen molar-refractivity contribution < 1.29 is 14.3 Å². The lowest BCUT2D eigenvalue weighted by molar-refractivity contribution is 0.0444. The van der Waals surface area contributed by atoms with E-state index >= 15 is 0 Å². The molecule has 0 saturated heterocycles. The van der Waals surface area contributed by atoms with E-state index in [0.29, 0.717) is 11.1 Å². The highest BCUT2D eigenvalue weighted by Crippen LogP contribution is 2.28. The molecule has 0 fully saturated rings. The largest absolute Gasteiger partial charge is 0.386 e. The first-order valence-corrected chi connectivity index (χ1v) is 7.29. The minimum absolute atomic E-state index is 0.333. The van der Waals surface area contributed by atoms with Gasteiger partial charge in [-0.1, -0.05) is 60.7 Å². The van der Waals surface area contributed by atoms with Crippen LogP contribution in [0.25, 0.3) is 22.3 Å². The van der Waals surface area contributed by atoms with E-state index in [0.717, 1.165) is 22.3 Å². The van der Waals surface area contributed by atoms with Crippen LogP contribution in [0.4, 0.5) is 0 Å². The van der Waals surface area contributed by atoms with Gasteiger partial charge in [0.25, 0.3) is 0 Å². The minimum Gasteiger partial charge on any atom is -0.386 e. The van der Waals surface area contributed by atoms with Crippen LogP contribution >= 0.6 is 0 Å². The molecule has 3 nitrogen and oxygen atoms in total. The zero-order chi connectivity index (χ0) is 15.8. The molecule has 0 saturated carbocycles. The molecule has 0 N–H and O–H groups in total. The van der Waals surface area contributed by atoms with E-state index in [1.165, 1.54) is 0 Å². The van der Waals surface area contributed by atoms with Crippen LogP contribution in [0, 0.1) is 0 Å². The van der Waals surface area contributed by atoms with E-state index in [9.17, 15) is 9.59 Å². The van der Waals surface area contributed by atoms with E-state index in [4.69, 9.17) is 0 Å². The van der Waals surface area contributed by atoms with Gasteiger partial charge >= 0.3 is 11.9 Å². The number of ether oxygens (including phenoxy) is 1. The standard InChI is InChI=1S/C20H12O3/c21-19-17-11-10-16(12-18(17)20(22)23-19)15-8-6-14(7-9-15)13-4-2-1-3-5-13/h1-12H. The molecule has 110 valence electrons. The molecule has 3 heteroatoms. The Bertz CT molecular complexity index is 909. The molecule has 0 radical (unpaired) electrons. The summed E-state index contributed by atoms with van der Waals surface area (Å²) < 4.78 is 4.62. The topological polar surface area (TPSA) is 43.4 Å². The maximum atomic E-state index is 11.7. The number of hydrogen-bond acceptors (Lipinski definition) is 3. The van der Waals surface area contributed by atoms with Crippen molar-refractivity contribution in [1.82, 2.24) is 0 Å². The molecule has 1 heterocycles. The Morgan fingerprint density at radius 3 is 1.74 bits per heavy atom. The second kappa shape index (κ2) is 5.21. The Morgan fingerprint density at radius 1 is 0.522 bits per heavy atom. The van der Waals surface area contributed by atoms with Gasteiger partial charge in [-0.15, -0.1) is 0 Å². The van der Waals surface area contributed by atoms with Crippen LogP contribution in [0.15, 0.2) is 72.8 Å². The van der Waals surface area contributed by atoms with Gasteiger partial charge in [0.15, 0.2) is 0 Å². The van der Waals surface area contributed by atoms with Gasteiger partial charge in [-0.05, 0) is 34.4 Å². The number of benzene rings is 3. The van der Waals surface area contributed by atoms with E-state index in [-0.39, 0.29) is 0 Å². The predicted octanol–water partition coefficient (Wildman–Crippen LogP) is 4.33. The van der Waals surface area contributed by atoms with Crippen molar-refractivity contribution in [2.75, 3.05) is 0 Å². The molecular formula is C20H12O3. The number of esters is 2. The van der Waals surface area contributed by atoms with Gasteiger partial charge in [-0.2, -0.15) is 0 Å². The fraction of sp³-hybridized carbons (Fsp3) is 0. The Morgan fingerprint density at radius 2 is 1.04 bits per heavy atom. The normalized spacial score (nSPS) is 12.9. The van der Waals surface area contributed by atoms with E-state index in [2.05, 4.69) is 16.9 Å². The summed E-state index contributed by atoms with van der Waals surface area (Å²) >= 11 is 0. The maximum Gasteiger partial charge on any atom is 0.346 e. The lowest BCUT2D eigenvalue weighted by atomic mass is 9.98. The lowest BCUT2D eigenvalue weighted by Crippen LogP contribution is -1.96. The van der Waals surface area contributed by atoms with E-state index in [1.807, 2.05) is 48.5 Å². The smallest absolute Gasteiger partial charge is 0.346 e. The van der Waals surface area contributed by atoms with Crippen LogP contribution in [0.2, 0.25) is 0 Å². The van der Waals surface area contributed by atoms with Gasteiger partial charge in [0, 0.05) is 0 Å². The lowest BCUT2D eigenvalue weighted by Gasteiger charge is -2.05. The molecule has 0 spiro atoms. The molecule has 23 heavy (non-hydrogen) atoms. The highest BCUT2D eigenvalue weighted by molar-refractivity contribution is 6.15. The zero-order valence-corrected chi connectivity index (χ0v) is 12.2. The van der Waals surface area contributed by atoms with Gasteiger partial charge in [-0.25, -0.2) is 9.59 Å². The summed E-state index contributed by atoms with van der Waals surface area (Å²) in [6, 6.07) is 23.4. The van der Waals surface area contributed by atoms with Crippen LogP contribution in [-0.2, 0) is 4.74 Å².